The van der Waals surface area contributed by atoms with Gasteiger partial charge in [0.2, 0.25) is 5.91 Å². The Morgan fingerprint density at radius 2 is 1.78 bits per heavy atom. The highest BCUT2D eigenvalue weighted by Crippen LogP contribution is 2.26. The van der Waals surface area contributed by atoms with E-state index in [1.54, 1.807) is 4.90 Å². The summed E-state index contributed by atoms with van der Waals surface area (Å²) in [5, 5.41) is 1.68. The van der Waals surface area contributed by atoms with Crippen molar-refractivity contribution in [3.63, 3.8) is 0 Å². The summed E-state index contributed by atoms with van der Waals surface area (Å²) in [6.07, 6.45) is 1.06. The number of carbonyl (C=O) groups is 3. The van der Waals surface area contributed by atoms with E-state index in [1.807, 2.05) is 70.2 Å². The molecule has 3 rings (SSSR count). The number of thioether (sulfide) groups is 1. The third kappa shape index (κ3) is 6.60. The van der Waals surface area contributed by atoms with E-state index in [0.717, 1.165) is 40.4 Å². The van der Waals surface area contributed by atoms with Gasteiger partial charge in [-0.1, -0.05) is 61.2 Å². The van der Waals surface area contributed by atoms with Gasteiger partial charge in [0.05, 0.1) is 5.25 Å². The van der Waals surface area contributed by atoms with Crippen molar-refractivity contribution < 1.29 is 19.1 Å². The molecule has 0 aliphatic carbocycles. The van der Waals surface area contributed by atoms with E-state index in [2.05, 4.69) is 11.4 Å². The van der Waals surface area contributed by atoms with Crippen LogP contribution < -0.4 is 5.32 Å². The van der Waals surface area contributed by atoms with Crippen molar-refractivity contribution in [3.8, 4) is 11.1 Å². The molecule has 0 aromatic heterocycles. The molecule has 1 aliphatic rings. The van der Waals surface area contributed by atoms with Crippen LogP contribution in [-0.2, 0) is 22.5 Å². The zero-order valence-corrected chi connectivity index (χ0v) is 19.8. The standard InChI is InChI=1S/C25H30N2O4S/c1-5-13-27(24(30)31-25(2,3)4)16-18-7-6-8-20(14-18)19-11-9-17(10-12-19)15-21-22(28)26-23(29)32-21/h6-12,14,21H,5,13,15-16H2,1-4H3,(H,26,28,29). The number of benzene rings is 2. The first-order valence-electron chi connectivity index (χ1n) is 10.8. The molecule has 1 fully saturated rings. The Morgan fingerprint density at radius 3 is 2.38 bits per heavy atom. The number of nitrogens with zero attached hydrogens (tertiary/aromatic N) is 1. The first-order chi connectivity index (χ1) is 15.1. The zero-order valence-electron chi connectivity index (χ0n) is 19.0. The highest BCUT2D eigenvalue weighted by molar-refractivity contribution is 8.15. The van der Waals surface area contributed by atoms with Crippen molar-refractivity contribution in [3.05, 3.63) is 59.7 Å². The van der Waals surface area contributed by atoms with Gasteiger partial charge in [-0.3, -0.25) is 14.9 Å². The van der Waals surface area contributed by atoms with Crippen LogP contribution in [0.4, 0.5) is 9.59 Å². The largest absolute Gasteiger partial charge is 0.444 e. The van der Waals surface area contributed by atoms with E-state index in [1.165, 1.54) is 0 Å². The Kier molecular flexibility index (Phi) is 7.61. The average Bonchev–Trinajstić information content (AvgIpc) is 3.04. The number of hydrogen-bond donors (Lipinski definition) is 1. The van der Waals surface area contributed by atoms with Crippen LogP contribution in [0.3, 0.4) is 0 Å². The summed E-state index contributed by atoms with van der Waals surface area (Å²) in [4.78, 5) is 37.5. The fourth-order valence-electron chi connectivity index (χ4n) is 3.48. The lowest BCUT2D eigenvalue weighted by atomic mass is 10.00. The fourth-order valence-corrected chi connectivity index (χ4v) is 4.34. The first kappa shape index (κ1) is 23.9. The molecule has 2 aromatic carbocycles. The van der Waals surface area contributed by atoms with Gasteiger partial charge in [-0.2, -0.15) is 0 Å². The molecule has 0 radical (unpaired) electrons. The lowest BCUT2D eigenvalue weighted by Gasteiger charge is -2.27. The van der Waals surface area contributed by atoms with Crippen molar-refractivity contribution in [1.82, 2.24) is 10.2 Å². The molecule has 6 nitrogen and oxygen atoms in total. The van der Waals surface area contributed by atoms with Crippen molar-refractivity contribution in [2.45, 2.75) is 57.9 Å². The second-order valence-electron chi connectivity index (χ2n) is 8.89. The van der Waals surface area contributed by atoms with Crippen molar-refractivity contribution in [2.24, 2.45) is 0 Å². The van der Waals surface area contributed by atoms with Gasteiger partial charge in [0, 0.05) is 13.1 Å². The number of amides is 3. The molecule has 0 spiro atoms. The minimum absolute atomic E-state index is 0.224. The van der Waals surface area contributed by atoms with Gasteiger partial charge >= 0.3 is 6.09 Å². The second-order valence-corrected chi connectivity index (χ2v) is 10.1. The number of rotatable bonds is 7. The minimum atomic E-state index is -0.530. The number of imide groups is 1. The van der Waals surface area contributed by atoms with E-state index in [9.17, 15) is 14.4 Å². The Hall–Kier alpha value is -2.80. The monoisotopic (exact) mass is 454 g/mol. The molecule has 32 heavy (non-hydrogen) atoms. The van der Waals surface area contributed by atoms with Crippen molar-refractivity contribution in [2.75, 3.05) is 6.54 Å². The predicted molar refractivity (Wildman–Crippen MR) is 127 cm³/mol. The Labute approximate surface area is 193 Å². The maximum atomic E-state index is 12.6. The quantitative estimate of drug-likeness (QED) is 0.607. The number of ether oxygens (including phenoxy) is 1. The maximum Gasteiger partial charge on any atom is 0.410 e. The van der Waals surface area contributed by atoms with Crippen LogP contribution in [0, 0.1) is 0 Å². The molecule has 1 unspecified atom stereocenters. The summed E-state index contributed by atoms with van der Waals surface area (Å²) in [6.45, 7) is 8.76. The summed E-state index contributed by atoms with van der Waals surface area (Å²) < 4.78 is 5.56. The summed E-state index contributed by atoms with van der Waals surface area (Å²) >= 11 is 1.04. The van der Waals surface area contributed by atoms with Gasteiger partial charge in [0.1, 0.15) is 5.60 Å². The van der Waals surface area contributed by atoms with E-state index >= 15 is 0 Å². The molecule has 3 amide bonds. The normalized spacial score (nSPS) is 16.1. The summed E-state index contributed by atoms with van der Waals surface area (Å²) in [5.41, 5.74) is 3.61. The van der Waals surface area contributed by atoms with Crippen LogP contribution >= 0.6 is 11.8 Å². The molecular weight excluding hydrogens is 424 g/mol. The fraction of sp³-hybridized carbons (Fsp3) is 0.400. The summed E-state index contributed by atoms with van der Waals surface area (Å²) in [5.74, 6) is -0.224. The topological polar surface area (TPSA) is 75.7 Å². The van der Waals surface area contributed by atoms with Gasteiger partial charge in [0.25, 0.3) is 5.24 Å². The van der Waals surface area contributed by atoms with E-state index in [0.29, 0.717) is 19.5 Å². The molecule has 0 bridgehead atoms. The molecule has 7 heteroatoms. The number of carbonyl (C=O) groups excluding carboxylic acids is 3. The third-order valence-electron chi connectivity index (χ3n) is 4.92. The van der Waals surface area contributed by atoms with Gasteiger partial charge in [-0.25, -0.2) is 4.79 Å². The lowest BCUT2D eigenvalue weighted by molar-refractivity contribution is -0.118. The SMILES string of the molecule is CCCN(Cc1cccc(-c2ccc(CC3SC(=O)NC3=O)cc2)c1)C(=O)OC(C)(C)C. The van der Waals surface area contributed by atoms with Crippen molar-refractivity contribution >= 4 is 29.0 Å². The van der Waals surface area contributed by atoms with Crippen LogP contribution in [0.1, 0.15) is 45.2 Å². The van der Waals surface area contributed by atoms with E-state index in [-0.39, 0.29) is 22.5 Å². The Bertz CT molecular complexity index is 982. The predicted octanol–water partition coefficient (Wildman–Crippen LogP) is 5.39. The van der Waals surface area contributed by atoms with Gasteiger partial charge in [-0.15, -0.1) is 0 Å². The molecule has 1 saturated heterocycles. The molecule has 2 aromatic rings. The maximum absolute atomic E-state index is 12.6. The minimum Gasteiger partial charge on any atom is -0.444 e. The first-order valence-corrected chi connectivity index (χ1v) is 11.7. The smallest absolute Gasteiger partial charge is 0.410 e. The molecule has 170 valence electrons. The van der Waals surface area contributed by atoms with E-state index < -0.39 is 5.60 Å². The van der Waals surface area contributed by atoms with Gasteiger partial charge in [-0.05, 0) is 61.9 Å². The van der Waals surface area contributed by atoms with E-state index in [4.69, 9.17) is 4.74 Å². The van der Waals surface area contributed by atoms with Gasteiger partial charge in [0.15, 0.2) is 0 Å². The van der Waals surface area contributed by atoms with Crippen LogP contribution in [-0.4, -0.2) is 39.5 Å². The Morgan fingerprint density at radius 1 is 1.06 bits per heavy atom. The van der Waals surface area contributed by atoms with Crippen LogP contribution in [0.5, 0.6) is 0 Å². The van der Waals surface area contributed by atoms with Crippen LogP contribution in [0.15, 0.2) is 48.5 Å². The third-order valence-corrected chi connectivity index (χ3v) is 5.90. The summed E-state index contributed by atoms with van der Waals surface area (Å²) in [6, 6.07) is 16.1. The molecule has 1 aliphatic heterocycles. The molecular formula is C25H30N2O4S. The molecule has 1 N–H and O–H groups in total. The molecule has 0 saturated carbocycles. The zero-order chi connectivity index (χ0) is 23.3. The number of hydrogen-bond acceptors (Lipinski definition) is 5. The summed E-state index contributed by atoms with van der Waals surface area (Å²) in [7, 11) is 0. The molecule has 1 heterocycles. The second kappa shape index (κ2) is 10.2. The molecule has 1 atom stereocenters. The van der Waals surface area contributed by atoms with Crippen LogP contribution in [0.2, 0.25) is 0 Å². The highest BCUT2D eigenvalue weighted by Gasteiger charge is 2.31. The van der Waals surface area contributed by atoms with Gasteiger partial charge < -0.3 is 9.64 Å². The van der Waals surface area contributed by atoms with Crippen molar-refractivity contribution in [1.29, 1.82) is 0 Å². The van der Waals surface area contributed by atoms with Crippen LogP contribution in [0.25, 0.3) is 11.1 Å². The highest BCUT2D eigenvalue weighted by atomic mass is 32.2. The average molecular weight is 455 g/mol. The lowest BCUT2D eigenvalue weighted by Crippen LogP contribution is -2.36. The Balaban J connectivity index is 1.70. The number of nitrogens with one attached hydrogen (secondary N) is 1.